The van der Waals surface area contributed by atoms with Crippen LogP contribution < -0.4 is 0 Å². The second kappa shape index (κ2) is 5.87. The van der Waals surface area contributed by atoms with Gasteiger partial charge in [-0.15, -0.1) is 0 Å². The summed E-state index contributed by atoms with van der Waals surface area (Å²) in [6.07, 6.45) is 0.938. The highest BCUT2D eigenvalue weighted by Crippen LogP contribution is 2.21. The summed E-state index contributed by atoms with van der Waals surface area (Å²) in [5.74, 6) is 0. The van der Waals surface area contributed by atoms with E-state index in [1.807, 2.05) is 30.3 Å². The summed E-state index contributed by atoms with van der Waals surface area (Å²) in [5.41, 5.74) is 0.971. The van der Waals surface area contributed by atoms with Crippen LogP contribution in [0.3, 0.4) is 0 Å². The second-order valence-corrected chi connectivity index (χ2v) is 4.68. The molecule has 1 aliphatic rings. The number of carbonyl (C=O) groups excluding carboxylic acids is 1. The van der Waals surface area contributed by atoms with Crippen molar-refractivity contribution in [2.24, 2.45) is 0 Å². The molecule has 0 aromatic heterocycles. The normalized spacial score (nSPS) is 20.8. The Bertz CT molecular complexity index is 391. The maximum Gasteiger partial charge on any atom is 0.410 e. The molecule has 1 saturated heterocycles. The molecule has 98 valence electrons. The van der Waals surface area contributed by atoms with E-state index >= 15 is 0 Å². The molecular formula is C14H19NO3. The third-order valence-electron chi connectivity index (χ3n) is 3.30. The Morgan fingerprint density at radius 3 is 2.89 bits per heavy atom. The summed E-state index contributed by atoms with van der Waals surface area (Å²) in [7, 11) is 0. The van der Waals surface area contributed by atoms with Gasteiger partial charge in [-0.3, -0.25) is 0 Å². The van der Waals surface area contributed by atoms with E-state index < -0.39 is 6.10 Å². The first-order valence-electron chi connectivity index (χ1n) is 6.34. The number of rotatable bonds is 3. The molecule has 1 heterocycles. The van der Waals surface area contributed by atoms with E-state index in [2.05, 4.69) is 0 Å². The van der Waals surface area contributed by atoms with Crippen molar-refractivity contribution in [2.75, 3.05) is 6.54 Å². The second-order valence-electron chi connectivity index (χ2n) is 4.68. The standard InChI is InChI=1S/C14H19NO3/c1-11(16)13-8-5-9-15(13)14(17)18-10-12-6-3-2-4-7-12/h2-4,6-7,11,13,16H,5,8-10H2,1H3. The Hall–Kier alpha value is -1.55. The van der Waals surface area contributed by atoms with E-state index in [0.717, 1.165) is 18.4 Å². The first kappa shape index (κ1) is 12.9. The van der Waals surface area contributed by atoms with Gasteiger partial charge in [0.25, 0.3) is 0 Å². The van der Waals surface area contributed by atoms with Crippen molar-refractivity contribution in [3.8, 4) is 0 Å². The van der Waals surface area contributed by atoms with Crippen LogP contribution in [0, 0.1) is 0 Å². The molecule has 4 nitrogen and oxygen atoms in total. The zero-order valence-corrected chi connectivity index (χ0v) is 10.6. The molecule has 1 aliphatic heterocycles. The fourth-order valence-corrected chi connectivity index (χ4v) is 2.32. The van der Waals surface area contributed by atoms with Crippen LogP contribution in [-0.2, 0) is 11.3 Å². The summed E-state index contributed by atoms with van der Waals surface area (Å²) >= 11 is 0. The summed E-state index contributed by atoms with van der Waals surface area (Å²) in [5, 5.41) is 9.61. The maximum atomic E-state index is 11.9. The molecule has 2 atom stereocenters. The van der Waals surface area contributed by atoms with E-state index in [1.165, 1.54) is 0 Å². The Morgan fingerprint density at radius 2 is 2.22 bits per heavy atom. The van der Waals surface area contributed by atoms with Crippen LogP contribution in [0.25, 0.3) is 0 Å². The smallest absolute Gasteiger partial charge is 0.410 e. The summed E-state index contributed by atoms with van der Waals surface area (Å²) in [6.45, 7) is 2.67. The summed E-state index contributed by atoms with van der Waals surface area (Å²) < 4.78 is 5.27. The average Bonchev–Trinajstić information content (AvgIpc) is 2.86. The molecule has 1 amide bonds. The van der Waals surface area contributed by atoms with Crippen LogP contribution in [0.2, 0.25) is 0 Å². The molecule has 1 fully saturated rings. The van der Waals surface area contributed by atoms with Gasteiger partial charge >= 0.3 is 6.09 Å². The van der Waals surface area contributed by atoms with E-state index in [0.29, 0.717) is 6.54 Å². The number of carbonyl (C=O) groups is 1. The van der Waals surface area contributed by atoms with Gasteiger partial charge in [0, 0.05) is 6.54 Å². The van der Waals surface area contributed by atoms with Crippen molar-refractivity contribution in [3.05, 3.63) is 35.9 Å². The number of nitrogens with zero attached hydrogens (tertiary/aromatic N) is 1. The van der Waals surface area contributed by atoms with Gasteiger partial charge in [0.2, 0.25) is 0 Å². The molecule has 2 unspecified atom stereocenters. The summed E-state index contributed by atoms with van der Waals surface area (Å²) in [4.78, 5) is 13.6. The first-order chi connectivity index (χ1) is 8.68. The molecule has 18 heavy (non-hydrogen) atoms. The largest absolute Gasteiger partial charge is 0.445 e. The quantitative estimate of drug-likeness (QED) is 0.893. The highest BCUT2D eigenvalue weighted by molar-refractivity contribution is 5.68. The van der Waals surface area contributed by atoms with Crippen molar-refractivity contribution in [2.45, 2.75) is 38.5 Å². The van der Waals surface area contributed by atoms with Crippen molar-refractivity contribution in [3.63, 3.8) is 0 Å². The lowest BCUT2D eigenvalue weighted by Crippen LogP contribution is -2.41. The topological polar surface area (TPSA) is 49.8 Å². The van der Waals surface area contributed by atoms with Crippen molar-refractivity contribution >= 4 is 6.09 Å². The van der Waals surface area contributed by atoms with Gasteiger partial charge in [0.05, 0.1) is 12.1 Å². The van der Waals surface area contributed by atoms with Crippen LogP contribution in [-0.4, -0.2) is 34.8 Å². The Labute approximate surface area is 107 Å². The minimum absolute atomic E-state index is 0.103. The lowest BCUT2D eigenvalue weighted by molar-refractivity contribution is 0.0551. The van der Waals surface area contributed by atoms with Gasteiger partial charge in [0.15, 0.2) is 0 Å². The molecule has 2 rings (SSSR count). The number of aliphatic hydroxyl groups excluding tert-OH is 1. The first-order valence-corrected chi connectivity index (χ1v) is 6.34. The number of aliphatic hydroxyl groups is 1. The van der Waals surface area contributed by atoms with E-state index in [-0.39, 0.29) is 18.7 Å². The molecule has 1 N–H and O–H groups in total. The van der Waals surface area contributed by atoms with Crippen LogP contribution in [0.5, 0.6) is 0 Å². The highest BCUT2D eigenvalue weighted by atomic mass is 16.6. The fourth-order valence-electron chi connectivity index (χ4n) is 2.32. The number of hydrogen-bond acceptors (Lipinski definition) is 3. The Kier molecular flexibility index (Phi) is 4.20. The molecule has 0 spiro atoms. The molecule has 0 radical (unpaired) electrons. The molecule has 1 aromatic rings. The van der Waals surface area contributed by atoms with Gasteiger partial charge in [-0.2, -0.15) is 0 Å². The van der Waals surface area contributed by atoms with Gasteiger partial charge in [-0.25, -0.2) is 4.79 Å². The lowest BCUT2D eigenvalue weighted by Gasteiger charge is -2.26. The molecular weight excluding hydrogens is 230 g/mol. The molecule has 0 aliphatic carbocycles. The van der Waals surface area contributed by atoms with Gasteiger partial charge in [-0.1, -0.05) is 30.3 Å². The Morgan fingerprint density at radius 1 is 1.50 bits per heavy atom. The highest BCUT2D eigenvalue weighted by Gasteiger charge is 2.32. The number of ether oxygens (including phenoxy) is 1. The minimum atomic E-state index is -0.503. The van der Waals surface area contributed by atoms with E-state index in [1.54, 1.807) is 11.8 Å². The van der Waals surface area contributed by atoms with Crippen LogP contribution in [0.1, 0.15) is 25.3 Å². The fraction of sp³-hybridized carbons (Fsp3) is 0.500. The molecule has 0 bridgehead atoms. The minimum Gasteiger partial charge on any atom is -0.445 e. The van der Waals surface area contributed by atoms with Gasteiger partial charge in [-0.05, 0) is 25.3 Å². The Balaban J connectivity index is 1.88. The van der Waals surface area contributed by atoms with E-state index in [9.17, 15) is 9.90 Å². The predicted molar refractivity (Wildman–Crippen MR) is 68.0 cm³/mol. The lowest BCUT2D eigenvalue weighted by atomic mass is 10.1. The zero-order chi connectivity index (χ0) is 13.0. The number of benzene rings is 1. The van der Waals surface area contributed by atoms with E-state index in [4.69, 9.17) is 4.74 Å². The number of hydrogen-bond donors (Lipinski definition) is 1. The SMILES string of the molecule is CC(O)C1CCCN1C(=O)OCc1ccccc1. The third-order valence-corrected chi connectivity index (χ3v) is 3.30. The molecule has 0 saturated carbocycles. The average molecular weight is 249 g/mol. The van der Waals surface area contributed by atoms with Crippen molar-refractivity contribution in [1.82, 2.24) is 4.90 Å². The third kappa shape index (κ3) is 3.01. The van der Waals surface area contributed by atoms with Crippen LogP contribution >= 0.6 is 0 Å². The molecule has 4 heteroatoms. The molecule has 1 aromatic carbocycles. The number of likely N-dealkylation sites (tertiary alicyclic amines) is 1. The van der Waals surface area contributed by atoms with Crippen LogP contribution in [0.4, 0.5) is 4.79 Å². The monoisotopic (exact) mass is 249 g/mol. The van der Waals surface area contributed by atoms with Gasteiger partial charge in [0.1, 0.15) is 6.61 Å². The zero-order valence-electron chi connectivity index (χ0n) is 10.6. The van der Waals surface area contributed by atoms with Gasteiger partial charge < -0.3 is 14.7 Å². The van der Waals surface area contributed by atoms with Crippen LogP contribution in [0.15, 0.2) is 30.3 Å². The predicted octanol–water partition coefficient (Wildman–Crippen LogP) is 2.17. The van der Waals surface area contributed by atoms with Crippen molar-refractivity contribution in [1.29, 1.82) is 0 Å². The van der Waals surface area contributed by atoms with Crippen molar-refractivity contribution < 1.29 is 14.6 Å². The number of amides is 1. The summed E-state index contributed by atoms with van der Waals surface area (Å²) in [6, 6.07) is 9.49. The maximum absolute atomic E-state index is 11.9.